The molecule has 0 unspecified atom stereocenters. The molecule has 3 atom stereocenters. The van der Waals surface area contributed by atoms with Gasteiger partial charge in [0.05, 0.1) is 12.5 Å². The van der Waals surface area contributed by atoms with E-state index in [-0.39, 0.29) is 25.7 Å². The molecule has 11 heteroatoms. The van der Waals surface area contributed by atoms with E-state index in [1.807, 2.05) is 0 Å². The van der Waals surface area contributed by atoms with Crippen molar-refractivity contribution in [3.8, 4) is 0 Å². The summed E-state index contributed by atoms with van der Waals surface area (Å²) in [5, 5.41) is 12.2. The van der Waals surface area contributed by atoms with Crippen LogP contribution in [0.3, 0.4) is 0 Å². The maximum Gasteiger partial charge on any atom is 0.417 e. The summed E-state index contributed by atoms with van der Waals surface area (Å²) in [7, 11) is 0. The molecule has 3 amide bonds. The van der Waals surface area contributed by atoms with Crippen LogP contribution in [0.5, 0.6) is 0 Å². The summed E-state index contributed by atoms with van der Waals surface area (Å²) < 4.78 is 11.2. The van der Waals surface area contributed by atoms with E-state index in [0.29, 0.717) is 19.4 Å². The molecule has 0 spiro atoms. The fourth-order valence-electron chi connectivity index (χ4n) is 5.25. The molecule has 1 heterocycles. The Bertz CT molecular complexity index is 867. The quantitative estimate of drug-likeness (QED) is 0.104. The van der Waals surface area contributed by atoms with Gasteiger partial charge in [-0.1, -0.05) is 71.1 Å². The van der Waals surface area contributed by atoms with E-state index >= 15 is 0 Å². The number of nitrogens with one attached hydrogen (secondary N) is 1. The minimum atomic E-state index is -1.41. The van der Waals surface area contributed by atoms with Crippen molar-refractivity contribution in [1.29, 1.82) is 0 Å². The Morgan fingerprint density at radius 2 is 1.49 bits per heavy atom. The molecule has 0 aromatic rings. The Morgan fingerprint density at radius 3 is 1.98 bits per heavy atom. The van der Waals surface area contributed by atoms with E-state index in [1.54, 1.807) is 20.8 Å². The Balaban J connectivity index is 2.92. The number of primary amides is 1. The number of unbranched alkanes of at least 4 members (excludes halogenated alkanes) is 10. The van der Waals surface area contributed by atoms with E-state index < -0.39 is 53.6 Å². The highest BCUT2D eigenvalue weighted by molar-refractivity contribution is 5.99. The third kappa shape index (κ3) is 17.3. The molecule has 1 saturated heterocycles. The zero-order chi connectivity index (χ0) is 32.3. The second kappa shape index (κ2) is 21.1. The minimum absolute atomic E-state index is 0.0266. The van der Waals surface area contributed by atoms with Crippen molar-refractivity contribution in [3.63, 3.8) is 0 Å². The van der Waals surface area contributed by atoms with Crippen LogP contribution in [0.4, 0.5) is 4.79 Å². The highest BCUT2D eigenvalue weighted by atomic mass is 16.6. The fraction of sp³-hybridized carbons (Fsp3) is 0.844. The van der Waals surface area contributed by atoms with E-state index in [1.165, 1.54) is 44.9 Å². The predicted molar refractivity (Wildman–Crippen MR) is 164 cm³/mol. The first kappa shape index (κ1) is 38.3. The smallest absolute Gasteiger partial charge is 0.417 e. The highest BCUT2D eigenvalue weighted by Gasteiger charge is 2.42. The number of carboxylic acids is 1. The van der Waals surface area contributed by atoms with Crippen LogP contribution in [0.25, 0.3) is 0 Å². The van der Waals surface area contributed by atoms with Gasteiger partial charge in [0.1, 0.15) is 17.7 Å². The number of carbonyl (C=O) groups excluding carboxylic acids is 4. The van der Waals surface area contributed by atoms with Crippen molar-refractivity contribution in [2.24, 2.45) is 5.73 Å². The monoisotopic (exact) mass is 611 g/mol. The molecule has 1 aliphatic heterocycles. The van der Waals surface area contributed by atoms with Crippen molar-refractivity contribution in [2.45, 2.75) is 167 Å². The predicted octanol–water partition coefficient (Wildman–Crippen LogP) is 5.61. The molecule has 0 radical (unpaired) electrons. The number of esters is 1. The molecular formula is C32H57N3O8. The van der Waals surface area contributed by atoms with Gasteiger partial charge in [0, 0.05) is 6.42 Å². The summed E-state index contributed by atoms with van der Waals surface area (Å²) >= 11 is 0. The number of hydrogen-bond acceptors (Lipinski definition) is 8. The van der Waals surface area contributed by atoms with Gasteiger partial charge >= 0.3 is 18.0 Å². The summed E-state index contributed by atoms with van der Waals surface area (Å²) in [6.07, 6.45) is 11.9. The number of hydrogen-bond donors (Lipinski definition) is 3. The first-order valence-corrected chi connectivity index (χ1v) is 16.4. The third-order valence-electron chi connectivity index (χ3n) is 7.48. The Morgan fingerprint density at radius 1 is 0.907 bits per heavy atom. The molecule has 1 rings (SSSR count). The molecule has 1 aliphatic rings. The lowest BCUT2D eigenvalue weighted by atomic mass is 10.0. The number of nitrogens with two attached hydrogens (primary N) is 1. The number of carbonyl (C=O) groups is 5. The van der Waals surface area contributed by atoms with Crippen LogP contribution in [-0.4, -0.2) is 70.2 Å². The third-order valence-corrected chi connectivity index (χ3v) is 7.48. The van der Waals surface area contributed by atoms with Gasteiger partial charge in [-0.2, -0.15) is 0 Å². The first-order valence-electron chi connectivity index (χ1n) is 16.4. The number of rotatable bonds is 22. The number of imide groups is 1. The largest absolute Gasteiger partial charge is 0.481 e. The lowest BCUT2D eigenvalue weighted by Gasteiger charge is -2.33. The molecule has 4 N–H and O–H groups in total. The summed E-state index contributed by atoms with van der Waals surface area (Å²) in [4.78, 5) is 64.2. The second-order valence-corrected chi connectivity index (χ2v) is 12.7. The lowest BCUT2D eigenvalue weighted by molar-refractivity contribution is -0.161. The van der Waals surface area contributed by atoms with Crippen LogP contribution in [-0.2, 0) is 28.7 Å². The summed E-state index contributed by atoms with van der Waals surface area (Å²) in [5.41, 5.74) is 4.51. The first-order chi connectivity index (χ1) is 20.4. The SMILES string of the molecule is CCCCCCCCCCCCC[C@@H](CC(N)=O)OC(=O)[C@H](CCCC(=O)O)N(C(=O)OC(C)(C)C)C(=O)[C@@H]1CCCN1. The molecule has 0 aromatic heterocycles. The van der Waals surface area contributed by atoms with Crippen molar-refractivity contribution in [2.75, 3.05) is 6.54 Å². The van der Waals surface area contributed by atoms with Gasteiger partial charge in [-0.05, 0) is 65.8 Å². The number of aliphatic carboxylic acids is 1. The van der Waals surface area contributed by atoms with E-state index in [4.69, 9.17) is 15.2 Å². The topological polar surface area (TPSA) is 165 Å². The molecule has 0 saturated carbocycles. The van der Waals surface area contributed by atoms with Crippen LogP contribution in [0.1, 0.15) is 143 Å². The standard InChI is InChI=1S/C32H57N3O8/c1-5-6-7-8-9-10-11-12-13-14-15-18-24(23-27(33)36)42-30(40)26(20-16-21-28(37)38)35(31(41)43-32(2,3)4)29(39)25-19-17-22-34-25/h24-26,34H,5-23H2,1-4H3,(H2,33,36)(H,37,38)/t24-,25-,26-/m0/s1. The zero-order valence-corrected chi connectivity index (χ0v) is 27.0. The van der Waals surface area contributed by atoms with E-state index in [0.717, 1.165) is 37.0 Å². The van der Waals surface area contributed by atoms with Gasteiger partial charge in [-0.25, -0.2) is 14.5 Å². The zero-order valence-electron chi connectivity index (χ0n) is 27.0. The van der Waals surface area contributed by atoms with Gasteiger partial charge < -0.3 is 25.6 Å². The average molecular weight is 612 g/mol. The van der Waals surface area contributed by atoms with Crippen molar-refractivity contribution >= 4 is 29.8 Å². The van der Waals surface area contributed by atoms with E-state index in [9.17, 15) is 29.1 Å². The molecule has 248 valence electrons. The molecule has 0 aliphatic carbocycles. The Labute approximate surface area is 258 Å². The van der Waals surface area contributed by atoms with Gasteiger partial charge in [-0.3, -0.25) is 14.4 Å². The minimum Gasteiger partial charge on any atom is -0.481 e. The number of ether oxygens (including phenoxy) is 2. The summed E-state index contributed by atoms with van der Waals surface area (Å²) in [6.45, 7) is 7.75. The Kier molecular flexibility index (Phi) is 18.8. The molecule has 43 heavy (non-hydrogen) atoms. The maximum absolute atomic E-state index is 13.6. The second-order valence-electron chi connectivity index (χ2n) is 12.7. The van der Waals surface area contributed by atoms with Crippen LogP contribution < -0.4 is 11.1 Å². The fourth-order valence-corrected chi connectivity index (χ4v) is 5.25. The molecule has 0 aromatic carbocycles. The van der Waals surface area contributed by atoms with Crippen LogP contribution in [0, 0.1) is 0 Å². The maximum atomic E-state index is 13.6. The van der Waals surface area contributed by atoms with E-state index in [2.05, 4.69) is 12.2 Å². The highest BCUT2D eigenvalue weighted by Crippen LogP contribution is 2.22. The van der Waals surface area contributed by atoms with Gasteiger partial charge in [0.15, 0.2) is 0 Å². The molecule has 11 nitrogen and oxygen atoms in total. The number of carboxylic acid groups (broad SMARTS) is 1. The van der Waals surface area contributed by atoms with Crippen molar-refractivity contribution < 1.29 is 38.6 Å². The molecule has 0 bridgehead atoms. The summed E-state index contributed by atoms with van der Waals surface area (Å²) in [5.74, 6) is -3.20. The molecular weight excluding hydrogens is 554 g/mol. The molecule has 1 fully saturated rings. The van der Waals surface area contributed by atoms with Crippen molar-refractivity contribution in [1.82, 2.24) is 10.2 Å². The van der Waals surface area contributed by atoms with Crippen LogP contribution in [0.15, 0.2) is 0 Å². The van der Waals surface area contributed by atoms with Crippen molar-refractivity contribution in [3.05, 3.63) is 0 Å². The Hall–Kier alpha value is -2.69. The van der Waals surface area contributed by atoms with Gasteiger partial charge in [0.25, 0.3) is 0 Å². The lowest BCUT2D eigenvalue weighted by Crippen LogP contribution is -2.56. The summed E-state index contributed by atoms with van der Waals surface area (Å²) in [6, 6.07) is -2.09. The van der Waals surface area contributed by atoms with Crippen LogP contribution in [0.2, 0.25) is 0 Å². The van der Waals surface area contributed by atoms with Gasteiger partial charge in [-0.15, -0.1) is 0 Å². The van der Waals surface area contributed by atoms with Gasteiger partial charge in [0.2, 0.25) is 11.8 Å². The van der Waals surface area contributed by atoms with Crippen LogP contribution >= 0.6 is 0 Å². The normalized spacial score (nSPS) is 16.3. The number of amides is 3. The number of nitrogens with zero attached hydrogens (tertiary/aromatic N) is 1. The average Bonchev–Trinajstić information content (AvgIpc) is 3.44.